The average Bonchev–Trinajstić information content (AvgIpc) is 2.27. The van der Waals surface area contributed by atoms with Crippen molar-refractivity contribution in [1.29, 1.82) is 0 Å². The highest BCUT2D eigenvalue weighted by atomic mass is 16.4. The summed E-state index contributed by atoms with van der Waals surface area (Å²) in [6.07, 6.45) is 4.85. The molecule has 0 aromatic heterocycles. The molecule has 0 aromatic rings. The van der Waals surface area contributed by atoms with Gasteiger partial charge in [0.2, 0.25) is 0 Å². The molecular weight excluding hydrogens is 208 g/mol. The summed E-state index contributed by atoms with van der Waals surface area (Å²) >= 11 is 0. The zero-order valence-electron chi connectivity index (χ0n) is 9.64. The molecule has 0 fully saturated rings. The van der Waals surface area contributed by atoms with Crippen molar-refractivity contribution < 1.29 is 19.8 Å². The topological polar surface area (TPSA) is 74.6 Å². The van der Waals surface area contributed by atoms with E-state index < -0.39 is 23.3 Å². The van der Waals surface area contributed by atoms with Crippen LogP contribution in [0.25, 0.3) is 0 Å². The molecule has 1 aliphatic rings. The Morgan fingerprint density at radius 1 is 1.44 bits per heavy atom. The molecule has 0 aliphatic heterocycles. The van der Waals surface area contributed by atoms with Gasteiger partial charge in [0.25, 0.3) is 0 Å². The van der Waals surface area contributed by atoms with Crippen LogP contribution in [0.2, 0.25) is 0 Å². The van der Waals surface area contributed by atoms with Crippen molar-refractivity contribution in [1.82, 2.24) is 0 Å². The second kappa shape index (κ2) is 4.68. The van der Waals surface area contributed by atoms with Crippen molar-refractivity contribution in [3.63, 3.8) is 0 Å². The fraction of sp³-hybridized carbons (Fsp3) is 0.667. The van der Waals surface area contributed by atoms with Gasteiger partial charge in [-0.3, -0.25) is 9.59 Å². The normalized spacial score (nSPS) is 31.0. The van der Waals surface area contributed by atoms with E-state index in [-0.39, 0.29) is 5.92 Å². The maximum absolute atomic E-state index is 11.5. The standard InChI is InChI=1S/C12H18O4/c1-3-8(2)12(11(15)16)7-5-4-6-9(12)10(13)14/h4-5,8-9H,3,6-7H2,1-2H3,(H,13,14)(H,15,16). The third-order valence-corrected chi connectivity index (χ3v) is 3.80. The minimum atomic E-state index is -1.14. The molecule has 3 unspecified atom stereocenters. The molecule has 0 heterocycles. The van der Waals surface area contributed by atoms with Crippen LogP contribution >= 0.6 is 0 Å². The molecule has 0 saturated carbocycles. The van der Waals surface area contributed by atoms with E-state index in [1.54, 1.807) is 12.2 Å². The Balaban J connectivity index is 3.20. The Bertz CT molecular complexity index is 321. The molecule has 4 heteroatoms. The van der Waals surface area contributed by atoms with E-state index in [2.05, 4.69) is 0 Å². The molecule has 0 amide bonds. The molecule has 0 bridgehead atoms. The summed E-state index contributed by atoms with van der Waals surface area (Å²) in [7, 11) is 0. The van der Waals surface area contributed by atoms with E-state index in [1.807, 2.05) is 13.8 Å². The van der Waals surface area contributed by atoms with E-state index in [4.69, 9.17) is 5.11 Å². The minimum Gasteiger partial charge on any atom is -0.481 e. The summed E-state index contributed by atoms with van der Waals surface area (Å²) in [5.74, 6) is -2.95. The van der Waals surface area contributed by atoms with Gasteiger partial charge in [-0.1, -0.05) is 32.4 Å². The van der Waals surface area contributed by atoms with Crippen LogP contribution in [-0.2, 0) is 9.59 Å². The molecule has 1 aliphatic carbocycles. The summed E-state index contributed by atoms with van der Waals surface area (Å²) < 4.78 is 0. The van der Waals surface area contributed by atoms with Crippen molar-refractivity contribution >= 4 is 11.9 Å². The van der Waals surface area contributed by atoms with Gasteiger partial charge in [0.1, 0.15) is 0 Å². The lowest BCUT2D eigenvalue weighted by molar-refractivity contribution is -0.167. The number of allylic oxidation sites excluding steroid dienone is 2. The van der Waals surface area contributed by atoms with E-state index in [9.17, 15) is 14.7 Å². The summed E-state index contributed by atoms with van der Waals surface area (Å²) in [4.78, 5) is 22.7. The molecule has 16 heavy (non-hydrogen) atoms. The third-order valence-electron chi connectivity index (χ3n) is 3.80. The van der Waals surface area contributed by atoms with E-state index in [1.165, 1.54) is 0 Å². The van der Waals surface area contributed by atoms with Crippen LogP contribution < -0.4 is 0 Å². The molecule has 0 radical (unpaired) electrons. The largest absolute Gasteiger partial charge is 0.481 e. The highest BCUT2D eigenvalue weighted by Gasteiger charge is 2.52. The van der Waals surface area contributed by atoms with Crippen LogP contribution in [0.5, 0.6) is 0 Å². The lowest BCUT2D eigenvalue weighted by atomic mass is 9.61. The van der Waals surface area contributed by atoms with Crippen LogP contribution in [-0.4, -0.2) is 22.2 Å². The summed E-state index contributed by atoms with van der Waals surface area (Å²) in [6.45, 7) is 3.72. The van der Waals surface area contributed by atoms with Crippen molar-refractivity contribution in [2.45, 2.75) is 33.1 Å². The molecule has 0 aromatic carbocycles. The predicted molar refractivity (Wildman–Crippen MR) is 59.0 cm³/mol. The first-order valence-corrected chi connectivity index (χ1v) is 5.58. The maximum atomic E-state index is 11.5. The Morgan fingerprint density at radius 3 is 2.50 bits per heavy atom. The number of carboxylic acid groups (broad SMARTS) is 2. The summed E-state index contributed by atoms with van der Waals surface area (Å²) in [5.41, 5.74) is -1.14. The first-order valence-electron chi connectivity index (χ1n) is 5.58. The van der Waals surface area contributed by atoms with E-state index >= 15 is 0 Å². The second-order valence-corrected chi connectivity index (χ2v) is 4.46. The molecule has 2 N–H and O–H groups in total. The molecule has 0 saturated heterocycles. The monoisotopic (exact) mass is 226 g/mol. The van der Waals surface area contributed by atoms with Gasteiger partial charge in [-0.2, -0.15) is 0 Å². The molecule has 4 nitrogen and oxygen atoms in total. The smallest absolute Gasteiger partial charge is 0.311 e. The second-order valence-electron chi connectivity index (χ2n) is 4.46. The van der Waals surface area contributed by atoms with Crippen LogP contribution in [0, 0.1) is 17.3 Å². The fourth-order valence-electron chi connectivity index (χ4n) is 2.54. The quantitative estimate of drug-likeness (QED) is 0.720. The van der Waals surface area contributed by atoms with Crippen molar-refractivity contribution in [3.05, 3.63) is 12.2 Å². The number of carbonyl (C=O) groups is 2. The number of carboxylic acids is 2. The molecule has 0 spiro atoms. The van der Waals surface area contributed by atoms with Crippen LogP contribution in [0.4, 0.5) is 0 Å². The number of rotatable bonds is 4. The number of aliphatic carboxylic acids is 2. The van der Waals surface area contributed by atoms with Gasteiger partial charge in [-0.05, 0) is 18.8 Å². The first-order chi connectivity index (χ1) is 7.46. The number of hydrogen-bond acceptors (Lipinski definition) is 2. The predicted octanol–water partition coefficient (Wildman–Crippen LogP) is 2.15. The number of hydrogen-bond donors (Lipinski definition) is 2. The van der Waals surface area contributed by atoms with Gasteiger partial charge in [0.05, 0.1) is 11.3 Å². The van der Waals surface area contributed by atoms with Gasteiger partial charge in [-0.25, -0.2) is 0 Å². The van der Waals surface area contributed by atoms with E-state index in [0.29, 0.717) is 19.3 Å². The van der Waals surface area contributed by atoms with Crippen LogP contribution in [0.1, 0.15) is 33.1 Å². The van der Waals surface area contributed by atoms with Crippen molar-refractivity contribution in [3.8, 4) is 0 Å². The fourth-order valence-corrected chi connectivity index (χ4v) is 2.54. The molecule has 90 valence electrons. The van der Waals surface area contributed by atoms with E-state index in [0.717, 1.165) is 0 Å². The SMILES string of the molecule is CCC(C)C1(C(=O)O)CC=CCC1C(=O)O. The van der Waals surface area contributed by atoms with Gasteiger partial charge in [-0.15, -0.1) is 0 Å². The first kappa shape index (κ1) is 12.7. The highest BCUT2D eigenvalue weighted by Crippen LogP contribution is 2.46. The minimum absolute atomic E-state index is 0.143. The summed E-state index contributed by atoms with van der Waals surface area (Å²) in [5, 5.41) is 18.6. The van der Waals surface area contributed by atoms with Crippen LogP contribution in [0.3, 0.4) is 0 Å². The lowest BCUT2D eigenvalue weighted by Gasteiger charge is -2.40. The Morgan fingerprint density at radius 2 is 2.06 bits per heavy atom. The van der Waals surface area contributed by atoms with Crippen molar-refractivity contribution in [2.75, 3.05) is 0 Å². The van der Waals surface area contributed by atoms with Crippen LogP contribution in [0.15, 0.2) is 12.2 Å². The van der Waals surface area contributed by atoms with Crippen molar-refractivity contribution in [2.24, 2.45) is 17.3 Å². The molecule has 3 atom stereocenters. The Hall–Kier alpha value is -1.32. The van der Waals surface area contributed by atoms with Gasteiger partial charge < -0.3 is 10.2 Å². The average molecular weight is 226 g/mol. The maximum Gasteiger partial charge on any atom is 0.311 e. The summed E-state index contributed by atoms with van der Waals surface area (Å²) in [6, 6.07) is 0. The molecule has 1 rings (SSSR count). The van der Waals surface area contributed by atoms with Gasteiger partial charge >= 0.3 is 11.9 Å². The Labute approximate surface area is 95.0 Å². The lowest BCUT2D eigenvalue weighted by Crippen LogP contribution is -2.48. The van der Waals surface area contributed by atoms with Gasteiger partial charge in [0, 0.05) is 0 Å². The highest BCUT2D eigenvalue weighted by molar-refractivity contribution is 5.84. The third kappa shape index (κ3) is 1.84. The van der Waals surface area contributed by atoms with Gasteiger partial charge in [0.15, 0.2) is 0 Å². The Kier molecular flexibility index (Phi) is 3.73. The molecular formula is C12H18O4. The zero-order valence-corrected chi connectivity index (χ0v) is 9.64. The zero-order chi connectivity index (χ0) is 12.3.